The molecule has 1 saturated heterocycles. The van der Waals surface area contributed by atoms with E-state index in [-0.39, 0.29) is 5.91 Å². The summed E-state index contributed by atoms with van der Waals surface area (Å²) in [6.45, 7) is 9.73. The number of aromatic nitrogens is 1. The van der Waals surface area contributed by atoms with Crippen LogP contribution in [0.4, 0.5) is 0 Å². The first-order chi connectivity index (χ1) is 12.0. The molecule has 6 heteroatoms. The van der Waals surface area contributed by atoms with Gasteiger partial charge in [-0.1, -0.05) is 0 Å². The van der Waals surface area contributed by atoms with Crippen LogP contribution in [-0.2, 0) is 11.3 Å². The molecule has 134 valence electrons. The van der Waals surface area contributed by atoms with Gasteiger partial charge in [-0.2, -0.15) is 5.10 Å². The predicted octanol–water partition coefficient (Wildman–Crippen LogP) is 1.66. The lowest BCUT2D eigenvalue weighted by Crippen LogP contribution is -2.44. The molecule has 0 radical (unpaired) electrons. The van der Waals surface area contributed by atoms with E-state index in [4.69, 9.17) is 0 Å². The summed E-state index contributed by atoms with van der Waals surface area (Å²) >= 11 is 0. The summed E-state index contributed by atoms with van der Waals surface area (Å²) in [5.41, 5.74) is 9.16. The Morgan fingerprint density at radius 3 is 2.60 bits per heavy atom. The number of hydrogen-bond donors (Lipinski definition) is 2. The number of amides is 1. The number of aryl methyl sites for hydroxylation is 1. The first-order valence-corrected chi connectivity index (χ1v) is 9.22. The third-order valence-corrected chi connectivity index (χ3v) is 5.66. The van der Waals surface area contributed by atoms with Crippen molar-refractivity contribution in [3.63, 3.8) is 0 Å². The highest BCUT2D eigenvalue weighted by atomic mass is 16.2. The molecule has 0 bridgehead atoms. The van der Waals surface area contributed by atoms with E-state index in [1.54, 1.807) is 0 Å². The molecule has 2 N–H and O–H groups in total. The second-order valence-corrected chi connectivity index (χ2v) is 7.62. The zero-order valence-electron chi connectivity index (χ0n) is 15.4. The van der Waals surface area contributed by atoms with Crippen molar-refractivity contribution >= 4 is 17.7 Å². The fraction of sp³-hybridized carbons (Fsp3) is 0.579. The van der Waals surface area contributed by atoms with Crippen molar-refractivity contribution in [2.45, 2.75) is 33.2 Å². The van der Waals surface area contributed by atoms with E-state index in [9.17, 15) is 4.79 Å². The number of H-pyrrole nitrogens is 1. The standard InChI is InChI=1S/C19H27N5O/c1-12-16(11-24-8-6-23(3)7-9-24)13(2)20-17(12)10-15-18(14-4-5-14)21-22-19(15)25/h10,14,20H,4-9,11H2,1-3H3,(H,22,25)/b15-10+. The zero-order valence-corrected chi connectivity index (χ0v) is 15.4. The molecule has 6 nitrogen and oxygen atoms in total. The lowest BCUT2D eigenvalue weighted by Gasteiger charge is -2.32. The van der Waals surface area contributed by atoms with Crippen LogP contribution < -0.4 is 5.43 Å². The Bertz CT molecular complexity index is 748. The number of carbonyl (C=O) groups is 1. The van der Waals surface area contributed by atoms with Gasteiger partial charge in [0.25, 0.3) is 5.91 Å². The molecule has 0 spiro atoms. The minimum Gasteiger partial charge on any atom is -0.359 e. The zero-order chi connectivity index (χ0) is 17.6. The van der Waals surface area contributed by atoms with Crippen molar-refractivity contribution in [2.24, 2.45) is 11.0 Å². The number of likely N-dealkylation sites (N-methyl/N-ethyl adjacent to an activating group) is 1. The van der Waals surface area contributed by atoms with E-state index in [1.165, 1.54) is 16.8 Å². The summed E-state index contributed by atoms with van der Waals surface area (Å²) in [6.07, 6.45) is 4.28. The van der Waals surface area contributed by atoms with Crippen LogP contribution in [0.1, 0.15) is 35.4 Å². The number of aromatic amines is 1. The minimum atomic E-state index is -0.0748. The van der Waals surface area contributed by atoms with Gasteiger partial charge in [-0.05, 0) is 50.9 Å². The van der Waals surface area contributed by atoms with Crippen LogP contribution in [0, 0.1) is 19.8 Å². The van der Waals surface area contributed by atoms with Crippen molar-refractivity contribution in [3.8, 4) is 0 Å². The monoisotopic (exact) mass is 341 g/mol. The molecule has 3 aliphatic rings. The van der Waals surface area contributed by atoms with Gasteiger partial charge in [0.15, 0.2) is 0 Å². The second kappa shape index (κ2) is 6.42. The second-order valence-electron chi connectivity index (χ2n) is 7.62. The van der Waals surface area contributed by atoms with Gasteiger partial charge in [-0.25, -0.2) is 5.43 Å². The van der Waals surface area contributed by atoms with Crippen LogP contribution >= 0.6 is 0 Å². The summed E-state index contributed by atoms with van der Waals surface area (Å²) in [7, 11) is 2.18. The molecule has 0 unspecified atom stereocenters. The summed E-state index contributed by atoms with van der Waals surface area (Å²) in [5, 5.41) is 4.24. The molecule has 1 aromatic rings. The Kier molecular flexibility index (Phi) is 4.25. The largest absolute Gasteiger partial charge is 0.359 e. The Hall–Kier alpha value is -1.92. The maximum absolute atomic E-state index is 12.2. The average molecular weight is 341 g/mol. The van der Waals surface area contributed by atoms with Gasteiger partial charge in [-0.3, -0.25) is 9.69 Å². The van der Waals surface area contributed by atoms with Crippen LogP contribution in [-0.4, -0.2) is 59.6 Å². The summed E-state index contributed by atoms with van der Waals surface area (Å²) in [4.78, 5) is 20.5. The molecule has 1 saturated carbocycles. The molecular weight excluding hydrogens is 314 g/mol. The van der Waals surface area contributed by atoms with Gasteiger partial charge >= 0.3 is 0 Å². The molecule has 1 aliphatic carbocycles. The van der Waals surface area contributed by atoms with Gasteiger partial charge in [0, 0.05) is 50.0 Å². The summed E-state index contributed by atoms with van der Waals surface area (Å²) in [6, 6.07) is 0. The molecule has 2 fully saturated rings. The molecule has 3 heterocycles. The first kappa shape index (κ1) is 16.5. The normalized spacial score (nSPS) is 24.0. The lowest BCUT2D eigenvalue weighted by atomic mass is 10.0. The number of nitrogens with zero attached hydrogens (tertiary/aromatic N) is 3. The number of nitrogens with one attached hydrogen (secondary N) is 2. The smallest absolute Gasteiger partial charge is 0.273 e. The summed E-state index contributed by atoms with van der Waals surface area (Å²) in [5.74, 6) is 0.389. The van der Waals surface area contributed by atoms with E-state index < -0.39 is 0 Å². The number of carbonyl (C=O) groups excluding carboxylic acids is 1. The maximum atomic E-state index is 12.2. The van der Waals surface area contributed by atoms with Crippen LogP contribution in [0.2, 0.25) is 0 Å². The molecule has 0 atom stereocenters. The Balaban J connectivity index is 1.56. The Morgan fingerprint density at radius 1 is 1.20 bits per heavy atom. The predicted molar refractivity (Wildman–Crippen MR) is 99.3 cm³/mol. The van der Waals surface area contributed by atoms with Crippen molar-refractivity contribution < 1.29 is 4.79 Å². The van der Waals surface area contributed by atoms with Crippen molar-refractivity contribution in [1.29, 1.82) is 0 Å². The topological polar surface area (TPSA) is 63.7 Å². The fourth-order valence-corrected chi connectivity index (χ4v) is 3.73. The molecule has 2 aliphatic heterocycles. The fourth-order valence-electron chi connectivity index (χ4n) is 3.73. The van der Waals surface area contributed by atoms with Crippen LogP contribution in [0.3, 0.4) is 0 Å². The van der Waals surface area contributed by atoms with Crippen molar-refractivity contribution in [2.75, 3.05) is 33.2 Å². The van der Waals surface area contributed by atoms with Gasteiger partial charge in [-0.15, -0.1) is 0 Å². The van der Waals surface area contributed by atoms with E-state index in [0.717, 1.165) is 62.5 Å². The first-order valence-electron chi connectivity index (χ1n) is 9.22. The highest BCUT2D eigenvalue weighted by Crippen LogP contribution is 2.35. The SMILES string of the molecule is Cc1[nH]c(/C=C2/C(=O)NN=C2C2CC2)c(C)c1CN1CCN(C)CC1. The van der Waals surface area contributed by atoms with Crippen LogP contribution in [0.15, 0.2) is 10.7 Å². The molecular formula is C19H27N5O. The van der Waals surface area contributed by atoms with E-state index in [0.29, 0.717) is 5.92 Å². The minimum absolute atomic E-state index is 0.0748. The molecule has 1 amide bonds. The molecule has 25 heavy (non-hydrogen) atoms. The van der Waals surface area contributed by atoms with E-state index in [1.807, 2.05) is 6.08 Å². The molecule has 4 rings (SSSR count). The lowest BCUT2D eigenvalue weighted by molar-refractivity contribution is -0.116. The van der Waals surface area contributed by atoms with Crippen molar-refractivity contribution in [3.05, 3.63) is 28.1 Å². The number of hydrogen-bond acceptors (Lipinski definition) is 4. The highest BCUT2D eigenvalue weighted by Gasteiger charge is 2.36. The quantitative estimate of drug-likeness (QED) is 0.819. The van der Waals surface area contributed by atoms with Crippen LogP contribution in [0.25, 0.3) is 6.08 Å². The van der Waals surface area contributed by atoms with Crippen LogP contribution in [0.5, 0.6) is 0 Å². The van der Waals surface area contributed by atoms with E-state index >= 15 is 0 Å². The Morgan fingerprint density at radius 2 is 1.92 bits per heavy atom. The summed E-state index contributed by atoms with van der Waals surface area (Å²) < 4.78 is 0. The van der Waals surface area contributed by atoms with Gasteiger partial charge in [0.1, 0.15) is 0 Å². The highest BCUT2D eigenvalue weighted by molar-refractivity contribution is 6.28. The Labute approximate surface area is 149 Å². The van der Waals surface area contributed by atoms with Gasteiger partial charge < -0.3 is 9.88 Å². The molecule has 0 aromatic carbocycles. The molecule has 1 aromatic heterocycles. The third kappa shape index (κ3) is 3.28. The van der Waals surface area contributed by atoms with Gasteiger partial charge in [0.2, 0.25) is 0 Å². The van der Waals surface area contributed by atoms with E-state index in [2.05, 4.69) is 46.2 Å². The third-order valence-electron chi connectivity index (χ3n) is 5.66. The number of rotatable bonds is 4. The number of piperazine rings is 1. The maximum Gasteiger partial charge on any atom is 0.273 e. The van der Waals surface area contributed by atoms with Gasteiger partial charge in [0.05, 0.1) is 11.3 Å². The number of hydrazone groups is 1. The van der Waals surface area contributed by atoms with Crippen molar-refractivity contribution in [1.82, 2.24) is 20.2 Å². The average Bonchev–Trinajstić information content (AvgIpc) is 3.32.